The predicted molar refractivity (Wildman–Crippen MR) is 75.6 cm³/mol. The lowest BCUT2D eigenvalue weighted by molar-refractivity contribution is 0.220. The van der Waals surface area contributed by atoms with E-state index in [1.54, 1.807) is 6.07 Å². The van der Waals surface area contributed by atoms with Crippen LogP contribution in [0.2, 0.25) is 0 Å². The summed E-state index contributed by atoms with van der Waals surface area (Å²) in [5, 5.41) is 8.92. The van der Waals surface area contributed by atoms with Crippen LogP contribution in [0, 0.1) is 5.92 Å². The molecule has 0 spiro atoms. The van der Waals surface area contributed by atoms with Gasteiger partial charge in [-0.05, 0) is 50.5 Å². The maximum Gasteiger partial charge on any atom is 0.258 e. The van der Waals surface area contributed by atoms with Gasteiger partial charge in [-0.15, -0.1) is 0 Å². The van der Waals surface area contributed by atoms with E-state index in [9.17, 15) is 8.42 Å². The molecule has 112 valence electrons. The monoisotopic (exact) mass is 299 g/mol. The minimum Gasteiger partial charge on any atom is -0.392 e. The molecule has 1 fully saturated rings. The smallest absolute Gasteiger partial charge is 0.258 e. The van der Waals surface area contributed by atoms with Gasteiger partial charge in [0.1, 0.15) is 0 Å². The van der Waals surface area contributed by atoms with Crippen molar-refractivity contribution in [3.8, 4) is 0 Å². The van der Waals surface area contributed by atoms with E-state index in [-0.39, 0.29) is 11.6 Å². The Balaban J connectivity index is 1.93. The SMILES string of the molecule is CN1CCC(CNS(=O)(=O)c2ccc(CO)cn2)CC1. The van der Waals surface area contributed by atoms with Crippen LogP contribution >= 0.6 is 0 Å². The molecule has 20 heavy (non-hydrogen) atoms. The summed E-state index contributed by atoms with van der Waals surface area (Å²) < 4.78 is 26.8. The van der Waals surface area contributed by atoms with E-state index in [4.69, 9.17) is 5.11 Å². The Morgan fingerprint density at radius 1 is 1.40 bits per heavy atom. The molecular weight excluding hydrogens is 278 g/mol. The second-order valence-corrected chi connectivity index (χ2v) is 6.98. The predicted octanol–water partition coefficient (Wildman–Crippen LogP) is 0.194. The molecular formula is C13H21N3O3S. The fourth-order valence-corrected chi connectivity index (χ4v) is 3.27. The van der Waals surface area contributed by atoms with Gasteiger partial charge in [0.2, 0.25) is 0 Å². The quantitative estimate of drug-likeness (QED) is 0.811. The van der Waals surface area contributed by atoms with Crippen LogP contribution in [0.25, 0.3) is 0 Å². The van der Waals surface area contributed by atoms with E-state index in [1.165, 1.54) is 12.3 Å². The first kappa shape index (κ1) is 15.4. The topological polar surface area (TPSA) is 82.5 Å². The summed E-state index contributed by atoms with van der Waals surface area (Å²) in [5.41, 5.74) is 0.597. The third kappa shape index (κ3) is 3.99. The molecule has 1 aliphatic rings. The Hall–Kier alpha value is -1.02. The van der Waals surface area contributed by atoms with Crippen LogP contribution < -0.4 is 4.72 Å². The number of likely N-dealkylation sites (tertiary alicyclic amines) is 1. The number of sulfonamides is 1. The van der Waals surface area contributed by atoms with Crippen LogP contribution in [0.5, 0.6) is 0 Å². The minimum atomic E-state index is -3.55. The van der Waals surface area contributed by atoms with Gasteiger partial charge in [-0.2, -0.15) is 0 Å². The number of aliphatic hydroxyl groups is 1. The highest BCUT2D eigenvalue weighted by molar-refractivity contribution is 7.89. The molecule has 0 radical (unpaired) electrons. The van der Waals surface area contributed by atoms with Gasteiger partial charge < -0.3 is 10.0 Å². The maximum atomic E-state index is 12.1. The molecule has 6 nitrogen and oxygen atoms in total. The van der Waals surface area contributed by atoms with Gasteiger partial charge in [0.15, 0.2) is 5.03 Å². The lowest BCUT2D eigenvalue weighted by atomic mass is 9.98. The molecule has 0 amide bonds. The van der Waals surface area contributed by atoms with Gasteiger partial charge in [-0.1, -0.05) is 6.07 Å². The van der Waals surface area contributed by atoms with Gasteiger partial charge in [0.05, 0.1) is 6.61 Å². The lowest BCUT2D eigenvalue weighted by Crippen LogP contribution is -2.37. The van der Waals surface area contributed by atoms with Crippen molar-refractivity contribution in [1.82, 2.24) is 14.6 Å². The third-order valence-electron chi connectivity index (χ3n) is 3.66. The minimum absolute atomic E-state index is 0.00243. The Morgan fingerprint density at radius 2 is 2.10 bits per heavy atom. The zero-order chi connectivity index (χ0) is 14.6. The summed E-state index contributed by atoms with van der Waals surface area (Å²) in [4.78, 5) is 6.13. The van der Waals surface area contributed by atoms with E-state index in [1.807, 2.05) is 0 Å². The molecule has 1 aliphatic heterocycles. The number of pyridine rings is 1. The van der Waals surface area contributed by atoms with Crippen molar-refractivity contribution in [2.24, 2.45) is 5.92 Å². The number of nitrogens with zero attached hydrogens (tertiary/aromatic N) is 2. The van der Waals surface area contributed by atoms with Gasteiger partial charge in [0.25, 0.3) is 10.0 Å². The summed E-state index contributed by atoms with van der Waals surface area (Å²) in [7, 11) is -1.48. The molecule has 1 saturated heterocycles. The molecule has 0 unspecified atom stereocenters. The van der Waals surface area contributed by atoms with Crippen LogP contribution in [0.3, 0.4) is 0 Å². The van der Waals surface area contributed by atoms with Crippen molar-refractivity contribution in [3.63, 3.8) is 0 Å². The highest BCUT2D eigenvalue weighted by Crippen LogP contribution is 2.16. The van der Waals surface area contributed by atoms with Crippen molar-refractivity contribution < 1.29 is 13.5 Å². The van der Waals surface area contributed by atoms with E-state index in [2.05, 4.69) is 21.7 Å². The zero-order valence-corrected chi connectivity index (χ0v) is 12.4. The molecule has 0 aliphatic carbocycles. The van der Waals surface area contributed by atoms with E-state index in [0.29, 0.717) is 18.0 Å². The molecule has 1 aromatic heterocycles. The summed E-state index contributed by atoms with van der Waals surface area (Å²) in [5.74, 6) is 0.387. The first-order valence-corrected chi connectivity index (χ1v) is 8.23. The molecule has 0 saturated carbocycles. The van der Waals surface area contributed by atoms with Crippen LogP contribution in [-0.2, 0) is 16.6 Å². The number of aromatic nitrogens is 1. The number of hydrogen-bond acceptors (Lipinski definition) is 5. The number of nitrogens with one attached hydrogen (secondary N) is 1. The Morgan fingerprint density at radius 3 is 2.65 bits per heavy atom. The summed E-state index contributed by atoms with van der Waals surface area (Å²) >= 11 is 0. The first-order valence-electron chi connectivity index (χ1n) is 6.75. The van der Waals surface area contributed by atoms with Crippen molar-refractivity contribution >= 4 is 10.0 Å². The van der Waals surface area contributed by atoms with Crippen molar-refractivity contribution in [1.29, 1.82) is 0 Å². The fourth-order valence-electron chi connectivity index (χ4n) is 2.23. The Labute approximate surface area is 119 Å². The van der Waals surface area contributed by atoms with Crippen molar-refractivity contribution in [3.05, 3.63) is 23.9 Å². The Kier molecular flexibility index (Phi) is 5.09. The summed E-state index contributed by atoms with van der Waals surface area (Å²) in [6.45, 7) is 2.33. The summed E-state index contributed by atoms with van der Waals surface area (Å²) in [6.07, 6.45) is 3.40. The molecule has 1 aromatic rings. The standard InChI is InChI=1S/C13H21N3O3S/c1-16-6-4-11(5-7-16)9-15-20(18,19)13-3-2-12(10-17)8-14-13/h2-3,8,11,15,17H,4-7,9-10H2,1H3. The zero-order valence-electron chi connectivity index (χ0n) is 11.6. The van der Waals surface area contributed by atoms with Crippen LogP contribution in [0.15, 0.2) is 23.4 Å². The molecule has 2 N–H and O–H groups in total. The Bertz CT molecular complexity index is 522. The molecule has 0 aromatic carbocycles. The molecule has 0 atom stereocenters. The molecule has 7 heteroatoms. The number of piperidine rings is 1. The molecule has 2 heterocycles. The van der Waals surface area contributed by atoms with Crippen molar-refractivity contribution in [2.45, 2.75) is 24.5 Å². The van der Waals surface area contributed by atoms with Gasteiger partial charge in [-0.25, -0.2) is 18.1 Å². The second kappa shape index (κ2) is 6.62. The largest absolute Gasteiger partial charge is 0.392 e. The van der Waals surface area contributed by atoms with Crippen molar-refractivity contribution in [2.75, 3.05) is 26.7 Å². The highest BCUT2D eigenvalue weighted by Gasteiger charge is 2.21. The van der Waals surface area contributed by atoms with Gasteiger partial charge in [-0.3, -0.25) is 0 Å². The lowest BCUT2D eigenvalue weighted by Gasteiger charge is -2.28. The van der Waals surface area contributed by atoms with Crippen LogP contribution in [-0.4, -0.2) is 50.1 Å². The number of hydrogen-bond donors (Lipinski definition) is 2. The second-order valence-electron chi connectivity index (χ2n) is 5.26. The van der Waals surface area contributed by atoms with E-state index < -0.39 is 10.0 Å². The normalized spacial score (nSPS) is 18.3. The first-order chi connectivity index (χ1) is 9.51. The average molecular weight is 299 g/mol. The fraction of sp³-hybridized carbons (Fsp3) is 0.615. The van der Waals surface area contributed by atoms with E-state index in [0.717, 1.165) is 25.9 Å². The number of rotatable bonds is 5. The maximum absolute atomic E-state index is 12.1. The molecule has 0 bridgehead atoms. The highest BCUT2D eigenvalue weighted by atomic mass is 32.2. The van der Waals surface area contributed by atoms with Crippen LogP contribution in [0.4, 0.5) is 0 Å². The molecule has 2 rings (SSSR count). The summed E-state index contributed by atoms with van der Waals surface area (Å²) in [6, 6.07) is 2.99. The number of aliphatic hydroxyl groups excluding tert-OH is 1. The van der Waals surface area contributed by atoms with Gasteiger partial charge >= 0.3 is 0 Å². The van der Waals surface area contributed by atoms with Crippen LogP contribution in [0.1, 0.15) is 18.4 Å². The average Bonchev–Trinajstić information content (AvgIpc) is 2.47. The van der Waals surface area contributed by atoms with Gasteiger partial charge in [0, 0.05) is 12.7 Å². The van der Waals surface area contributed by atoms with E-state index >= 15 is 0 Å². The third-order valence-corrected chi connectivity index (χ3v) is 4.99.